The molecular formula is C16H15Cl2NS. The van der Waals surface area contributed by atoms with Gasteiger partial charge in [-0.2, -0.15) is 0 Å². The van der Waals surface area contributed by atoms with E-state index >= 15 is 0 Å². The molecule has 1 N–H and O–H groups in total. The Balaban J connectivity index is 1.66. The van der Waals surface area contributed by atoms with Crippen LogP contribution in [0.3, 0.4) is 0 Å². The molecule has 104 valence electrons. The van der Waals surface area contributed by atoms with Crippen LogP contribution < -0.4 is 5.32 Å². The standard InChI is InChI=1S/C16H15Cl2NS/c17-12-3-8-15(18)16(9-12)20-14-6-1-11(2-7-14)10-19-13-4-5-13/h1-3,6-9,13,19H,4-5,10H2. The maximum absolute atomic E-state index is 6.18. The molecule has 2 aromatic carbocycles. The minimum absolute atomic E-state index is 0.710. The van der Waals surface area contributed by atoms with E-state index in [2.05, 4.69) is 29.6 Å². The van der Waals surface area contributed by atoms with Crippen molar-refractivity contribution in [3.8, 4) is 0 Å². The van der Waals surface area contributed by atoms with Gasteiger partial charge in [0.1, 0.15) is 0 Å². The third kappa shape index (κ3) is 3.92. The molecule has 1 nitrogen and oxygen atoms in total. The number of benzene rings is 2. The second-order valence-electron chi connectivity index (χ2n) is 4.98. The van der Waals surface area contributed by atoms with Crippen molar-refractivity contribution < 1.29 is 0 Å². The molecule has 3 rings (SSSR count). The lowest BCUT2D eigenvalue weighted by Gasteiger charge is -2.07. The summed E-state index contributed by atoms with van der Waals surface area (Å²) in [4.78, 5) is 2.16. The van der Waals surface area contributed by atoms with E-state index < -0.39 is 0 Å². The molecule has 1 saturated carbocycles. The lowest BCUT2D eigenvalue weighted by atomic mass is 10.2. The van der Waals surface area contributed by atoms with Crippen molar-refractivity contribution in [2.24, 2.45) is 0 Å². The molecule has 0 amide bonds. The Hall–Kier alpha value is -0.670. The van der Waals surface area contributed by atoms with E-state index in [-0.39, 0.29) is 0 Å². The lowest BCUT2D eigenvalue weighted by molar-refractivity contribution is 0.687. The van der Waals surface area contributed by atoms with Crippen molar-refractivity contribution >= 4 is 35.0 Å². The Morgan fingerprint density at radius 3 is 2.50 bits per heavy atom. The average molecular weight is 324 g/mol. The van der Waals surface area contributed by atoms with Crippen LogP contribution in [0.4, 0.5) is 0 Å². The fourth-order valence-electron chi connectivity index (χ4n) is 1.91. The van der Waals surface area contributed by atoms with Crippen molar-refractivity contribution in [1.82, 2.24) is 5.32 Å². The highest BCUT2D eigenvalue weighted by Crippen LogP contribution is 2.35. The zero-order chi connectivity index (χ0) is 13.9. The Morgan fingerprint density at radius 2 is 1.80 bits per heavy atom. The average Bonchev–Trinajstić information content (AvgIpc) is 3.26. The number of hydrogen-bond acceptors (Lipinski definition) is 2. The van der Waals surface area contributed by atoms with Crippen LogP contribution in [-0.2, 0) is 6.54 Å². The van der Waals surface area contributed by atoms with Gasteiger partial charge < -0.3 is 5.32 Å². The van der Waals surface area contributed by atoms with E-state index in [1.807, 2.05) is 12.1 Å². The highest BCUT2D eigenvalue weighted by molar-refractivity contribution is 7.99. The minimum atomic E-state index is 0.710. The van der Waals surface area contributed by atoms with Gasteiger partial charge in [-0.3, -0.25) is 0 Å². The molecule has 1 fully saturated rings. The van der Waals surface area contributed by atoms with E-state index in [0.717, 1.165) is 22.5 Å². The molecular weight excluding hydrogens is 309 g/mol. The molecule has 0 radical (unpaired) electrons. The summed E-state index contributed by atoms with van der Waals surface area (Å²) in [5.41, 5.74) is 1.32. The molecule has 0 spiro atoms. The van der Waals surface area contributed by atoms with Gasteiger partial charge in [0.2, 0.25) is 0 Å². The maximum atomic E-state index is 6.18. The van der Waals surface area contributed by atoms with Gasteiger partial charge in [-0.1, -0.05) is 47.1 Å². The van der Waals surface area contributed by atoms with Gasteiger partial charge >= 0.3 is 0 Å². The van der Waals surface area contributed by atoms with E-state index in [1.165, 1.54) is 23.3 Å². The molecule has 2 aromatic rings. The van der Waals surface area contributed by atoms with Crippen LogP contribution in [0.2, 0.25) is 10.0 Å². The van der Waals surface area contributed by atoms with E-state index in [9.17, 15) is 0 Å². The van der Waals surface area contributed by atoms with Crippen LogP contribution >= 0.6 is 35.0 Å². The Morgan fingerprint density at radius 1 is 1.05 bits per heavy atom. The fourth-order valence-corrected chi connectivity index (χ4v) is 3.25. The van der Waals surface area contributed by atoms with Crippen molar-refractivity contribution in [2.45, 2.75) is 35.2 Å². The Bertz CT molecular complexity index is 594. The third-order valence-electron chi connectivity index (χ3n) is 3.22. The molecule has 0 heterocycles. The second-order valence-corrected chi connectivity index (χ2v) is 6.93. The molecule has 0 aliphatic heterocycles. The molecule has 1 aliphatic rings. The molecule has 0 aromatic heterocycles. The third-order valence-corrected chi connectivity index (χ3v) is 4.96. The number of rotatable bonds is 5. The van der Waals surface area contributed by atoms with Gasteiger partial charge in [-0.15, -0.1) is 0 Å². The van der Waals surface area contributed by atoms with E-state index in [1.54, 1.807) is 17.8 Å². The SMILES string of the molecule is Clc1ccc(Cl)c(Sc2ccc(CNC3CC3)cc2)c1. The van der Waals surface area contributed by atoms with Gasteiger partial charge in [-0.05, 0) is 48.7 Å². The summed E-state index contributed by atoms with van der Waals surface area (Å²) >= 11 is 13.8. The van der Waals surface area contributed by atoms with E-state index in [4.69, 9.17) is 23.2 Å². The monoisotopic (exact) mass is 323 g/mol. The summed E-state index contributed by atoms with van der Waals surface area (Å²) in [5.74, 6) is 0. The smallest absolute Gasteiger partial charge is 0.0546 e. The van der Waals surface area contributed by atoms with Gasteiger partial charge in [0.05, 0.1) is 5.02 Å². The predicted molar refractivity (Wildman–Crippen MR) is 86.9 cm³/mol. The van der Waals surface area contributed by atoms with Crippen LogP contribution in [0, 0.1) is 0 Å². The molecule has 20 heavy (non-hydrogen) atoms. The fraction of sp³-hybridized carbons (Fsp3) is 0.250. The van der Waals surface area contributed by atoms with Crippen molar-refractivity contribution in [2.75, 3.05) is 0 Å². The molecule has 4 heteroatoms. The first-order valence-corrected chi connectivity index (χ1v) is 8.23. The second kappa shape index (κ2) is 6.40. The topological polar surface area (TPSA) is 12.0 Å². The first kappa shape index (κ1) is 14.3. The first-order valence-electron chi connectivity index (χ1n) is 6.66. The maximum Gasteiger partial charge on any atom is 0.0546 e. The van der Waals surface area contributed by atoms with Crippen LogP contribution in [0.25, 0.3) is 0 Å². The lowest BCUT2D eigenvalue weighted by Crippen LogP contribution is -2.14. The van der Waals surface area contributed by atoms with Gasteiger partial charge in [0.15, 0.2) is 0 Å². The first-order chi connectivity index (χ1) is 9.70. The summed E-state index contributed by atoms with van der Waals surface area (Å²) in [7, 11) is 0. The highest BCUT2D eigenvalue weighted by Gasteiger charge is 2.19. The molecule has 0 saturated heterocycles. The summed E-state index contributed by atoms with van der Waals surface area (Å²) in [6, 6.07) is 14.9. The van der Waals surface area contributed by atoms with Gasteiger partial charge in [-0.25, -0.2) is 0 Å². The summed E-state index contributed by atoms with van der Waals surface area (Å²) in [5, 5.41) is 4.96. The molecule has 1 aliphatic carbocycles. The van der Waals surface area contributed by atoms with Crippen LogP contribution in [0.15, 0.2) is 52.3 Å². The Kier molecular flexibility index (Phi) is 4.57. The predicted octanol–water partition coefficient (Wildman–Crippen LogP) is 5.40. The quantitative estimate of drug-likeness (QED) is 0.790. The van der Waals surface area contributed by atoms with Gasteiger partial charge in [0.25, 0.3) is 0 Å². The van der Waals surface area contributed by atoms with Crippen LogP contribution in [0.1, 0.15) is 18.4 Å². The Labute approximate surface area is 133 Å². The number of nitrogens with one attached hydrogen (secondary N) is 1. The summed E-state index contributed by atoms with van der Waals surface area (Å²) < 4.78 is 0. The minimum Gasteiger partial charge on any atom is -0.310 e. The zero-order valence-corrected chi connectivity index (χ0v) is 13.2. The summed E-state index contributed by atoms with van der Waals surface area (Å²) in [6.07, 6.45) is 2.64. The van der Waals surface area contributed by atoms with Crippen LogP contribution in [0.5, 0.6) is 0 Å². The van der Waals surface area contributed by atoms with E-state index in [0.29, 0.717) is 5.02 Å². The van der Waals surface area contributed by atoms with Crippen molar-refractivity contribution in [1.29, 1.82) is 0 Å². The van der Waals surface area contributed by atoms with Crippen molar-refractivity contribution in [3.05, 3.63) is 58.1 Å². The summed E-state index contributed by atoms with van der Waals surface area (Å²) in [6.45, 7) is 0.952. The van der Waals surface area contributed by atoms with Gasteiger partial charge in [0, 0.05) is 27.4 Å². The largest absolute Gasteiger partial charge is 0.310 e. The van der Waals surface area contributed by atoms with Crippen molar-refractivity contribution in [3.63, 3.8) is 0 Å². The molecule has 0 unspecified atom stereocenters. The zero-order valence-electron chi connectivity index (χ0n) is 10.9. The number of halogens is 2. The highest BCUT2D eigenvalue weighted by atomic mass is 35.5. The molecule has 0 bridgehead atoms. The normalized spacial score (nSPS) is 14.5. The molecule has 0 atom stereocenters. The number of hydrogen-bond donors (Lipinski definition) is 1. The van der Waals surface area contributed by atoms with Crippen LogP contribution in [-0.4, -0.2) is 6.04 Å².